The summed E-state index contributed by atoms with van der Waals surface area (Å²) in [6.45, 7) is 1.93. The predicted octanol–water partition coefficient (Wildman–Crippen LogP) is 2.81. The number of halogens is 1. The Morgan fingerprint density at radius 2 is 2.17 bits per heavy atom. The van der Waals surface area contributed by atoms with E-state index < -0.39 is 0 Å². The van der Waals surface area contributed by atoms with E-state index in [1.165, 1.54) is 11.6 Å². The van der Waals surface area contributed by atoms with Crippen LogP contribution >= 0.6 is 11.3 Å². The maximum Gasteiger partial charge on any atom is 0.123 e. The Bertz CT molecular complexity index is 497. The van der Waals surface area contributed by atoms with Crippen LogP contribution in [0.25, 0.3) is 0 Å². The summed E-state index contributed by atoms with van der Waals surface area (Å²) in [5, 5.41) is 4.19. The third kappa shape index (κ3) is 3.38. The highest BCUT2D eigenvalue weighted by Gasteiger charge is 2.11. The largest absolute Gasteiger partial charge is 0.271 e. The second-order valence-electron chi connectivity index (χ2n) is 4.47. The highest BCUT2D eigenvalue weighted by Crippen LogP contribution is 2.15. The van der Waals surface area contributed by atoms with E-state index in [1.807, 2.05) is 13.0 Å². The first-order valence-electron chi connectivity index (χ1n) is 5.91. The Kier molecular flexibility index (Phi) is 4.47. The Labute approximate surface area is 111 Å². The molecule has 0 bridgehead atoms. The number of benzene rings is 1. The summed E-state index contributed by atoms with van der Waals surface area (Å²) >= 11 is 1.69. The molecule has 0 aliphatic heterocycles. The van der Waals surface area contributed by atoms with Crippen LogP contribution in [0.15, 0.2) is 35.0 Å². The molecule has 1 unspecified atom stereocenters. The Morgan fingerprint density at radius 3 is 2.78 bits per heavy atom. The fourth-order valence-electron chi connectivity index (χ4n) is 2.04. The zero-order chi connectivity index (χ0) is 13.0. The summed E-state index contributed by atoms with van der Waals surface area (Å²) in [5.41, 5.74) is 6.23. The molecule has 0 amide bonds. The first-order chi connectivity index (χ1) is 8.69. The molecule has 0 aliphatic rings. The SMILES string of the molecule is Cc1cc(F)ccc1CC(Cc1ccsc1)NN. The molecule has 1 heterocycles. The van der Waals surface area contributed by atoms with Crippen LogP contribution in [0.2, 0.25) is 0 Å². The van der Waals surface area contributed by atoms with Gasteiger partial charge in [-0.25, -0.2) is 4.39 Å². The zero-order valence-electron chi connectivity index (χ0n) is 10.3. The quantitative estimate of drug-likeness (QED) is 0.644. The average molecular weight is 264 g/mol. The second-order valence-corrected chi connectivity index (χ2v) is 5.25. The molecule has 18 heavy (non-hydrogen) atoms. The molecule has 3 N–H and O–H groups in total. The van der Waals surface area contributed by atoms with E-state index in [1.54, 1.807) is 17.4 Å². The van der Waals surface area contributed by atoms with E-state index >= 15 is 0 Å². The van der Waals surface area contributed by atoms with Crippen molar-refractivity contribution < 1.29 is 4.39 Å². The molecule has 0 radical (unpaired) electrons. The minimum atomic E-state index is -0.189. The standard InChI is InChI=1S/C14H17FN2S/c1-10-6-13(15)3-2-12(10)8-14(17-16)7-11-4-5-18-9-11/h2-6,9,14,17H,7-8,16H2,1H3. The van der Waals surface area contributed by atoms with E-state index in [0.29, 0.717) is 0 Å². The van der Waals surface area contributed by atoms with Crippen LogP contribution in [0.4, 0.5) is 4.39 Å². The number of rotatable bonds is 5. The van der Waals surface area contributed by atoms with Crippen LogP contribution in [0.5, 0.6) is 0 Å². The topological polar surface area (TPSA) is 38.0 Å². The van der Waals surface area contributed by atoms with E-state index in [-0.39, 0.29) is 11.9 Å². The van der Waals surface area contributed by atoms with Crippen molar-refractivity contribution in [2.75, 3.05) is 0 Å². The molecule has 96 valence electrons. The van der Waals surface area contributed by atoms with Crippen molar-refractivity contribution in [3.8, 4) is 0 Å². The summed E-state index contributed by atoms with van der Waals surface area (Å²) < 4.78 is 13.0. The fourth-order valence-corrected chi connectivity index (χ4v) is 2.72. The fraction of sp³-hybridized carbons (Fsp3) is 0.286. The van der Waals surface area contributed by atoms with Gasteiger partial charge in [0.1, 0.15) is 5.82 Å². The Hall–Kier alpha value is -1.23. The summed E-state index contributed by atoms with van der Waals surface area (Å²) in [6.07, 6.45) is 1.69. The van der Waals surface area contributed by atoms with Crippen LogP contribution in [-0.2, 0) is 12.8 Å². The van der Waals surface area contributed by atoms with Crippen LogP contribution in [-0.4, -0.2) is 6.04 Å². The molecule has 1 aromatic carbocycles. The van der Waals surface area contributed by atoms with E-state index in [0.717, 1.165) is 24.0 Å². The second kappa shape index (κ2) is 6.09. The molecule has 0 saturated heterocycles. The molecular weight excluding hydrogens is 247 g/mol. The molecule has 2 rings (SSSR count). The lowest BCUT2D eigenvalue weighted by molar-refractivity contribution is 0.521. The number of hydrogen-bond donors (Lipinski definition) is 2. The molecule has 1 atom stereocenters. The number of hydrogen-bond acceptors (Lipinski definition) is 3. The molecule has 1 aromatic heterocycles. The number of nitrogens with two attached hydrogens (primary N) is 1. The van der Waals surface area contributed by atoms with Crippen LogP contribution in [0.3, 0.4) is 0 Å². The Balaban J connectivity index is 2.05. The third-order valence-corrected chi connectivity index (χ3v) is 3.80. The van der Waals surface area contributed by atoms with Crippen molar-refractivity contribution in [3.63, 3.8) is 0 Å². The molecule has 2 nitrogen and oxygen atoms in total. The lowest BCUT2D eigenvalue weighted by Crippen LogP contribution is -2.38. The molecule has 0 spiro atoms. The lowest BCUT2D eigenvalue weighted by atomic mass is 9.98. The van der Waals surface area contributed by atoms with Gasteiger partial charge in [-0.2, -0.15) is 11.3 Å². The van der Waals surface area contributed by atoms with Crippen LogP contribution < -0.4 is 11.3 Å². The van der Waals surface area contributed by atoms with E-state index in [9.17, 15) is 4.39 Å². The van der Waals surface area contributed by atoms with Crippen molar-refractivity contribution in [1.29, 1.82) is 0 Å². The van der Waals surface area contributed by atoms with Crippen molar-refractivity contribution in [2.45, 2.75) is 25.8 Å². The summed E-state index contributed by atoms with van der Waals surface area (Å²) in [6, 6.07) is 7.17. The van der Waals surface area contributed by atoms with Gasteiger partial charge in [0.25, 0.3) is 0 Å². The predicted molar refractivity (Wildman–Crippen MR) is 74.0 cm³/mol. The maximum absolute atomic E-state index is 13.0. The number of aryl methyl sites for hydroxylation is 1. The first kappa shape index (κ1) is 13.2. The maximum atomic E-state index is 13.0. The van der Waals surface area contributed by atoms with Gasteiger partial charge in [0, 0.05) is 6.04 Å². The molecule has 0 saturated carbocycles. The van der Waals surface area contributed by atoms with Gasteiger partial charge in [-0.3, -0.25) is 11.3 Å². The minimum Gasteiger partial charge on any atom is -0.271 e. The normalized spacial score (nSPS) is 12.6. The van der Waals surface area contributed by atoms with Gasteiger partial charge in [-0.1, -0.05) is 6.07 Å². The number of thiophene rings is 1. The summed E-state index contributed by atoms with van der Waals surface area (Å²) in [4.78, 5) is 0. The first-order valence-corrected chi connectivity index (χ1v) is 6.85. The average Bonchev–Trinajstić information content (AvgIpc) is 2.84. The molecule has 2 aromatic rings. The van der Waals surface area contributed by atoms with Gasteiger partial charge in [0.2, 0.25) is 0 Å². The van der Waals surface area contributed by atoms with Gasteiger partial charge in [0.15, 0.2) is 0 Å². The van der Waals surface area contributed by atoms with Crippen molar-refractivity contribution in [2.24, 2.45) is 5.84 Å². The zero-order valence-corrected chi connectivity index (χ0v) is 11.1. The van der Waals surface area contributed by atoms with Gasteiger partial charge in [0.05, 0.1) is 0 Å². The highest BCUT2D eigenvalue weighted by molar-refractivity contribution is 7.07. The molecule has 4 heteroatoms. The molecular formula is C14H17FN2S. The van der Waals surface area contributed by atoms with Crippen LogP contribution in [0.1, 0.15) is 16.7 Å². The number of hydrazine groups is 1. The number of nitrogens with one attached hydrogen (secondary N) is 1. The summed E-state index contributed by atoms with van der Waals surface area (Å²) in [5.74, 6) is 5.41. The summed E-state index contributed by atoms with van der Waals surface area (Å²) in [7, 11) is 0. The monoisotopic (exact) mass is 264 g/mol. The van der Waals surface area contributed by atoms with Crippen LogP contribution in [0, 0.1) is 12.7 Å². The van der Waals surface area contributed by atoms with Gasteiger partial charge in [-0.15, -0.1) is 0 Å². The highest BCUT2D eigenvalue weighted by atomic mass is 32.1. The minimum absolute atomic E-state index is 0.170. The van der Waals surface area contributed by atoms with Gasteiger partial charge >= 0.3 is 0 Å². The van der Waals surface area contributed by atoms with E-state index in [2.05, 4.69) is 22.3 Å². The van der Waals surface area contributed by atoms with Gasteiger partial charge in [-0.05, 0) is 65.4 Å². The van der Waals surface area contributed by atoms with Gasteiger partial charge < -0.3 is 0 Å². The van der Waals surface area contributed by atoms with E-state index in [4.69, 9.17) is 5.84 Å². The lowest BCUT2D eigenvalue weighted by Gasteiger charge is -2.16. The third-order valence-electron chi connectivity index (χ3n) is 3.07. The van der Waals surface area contributed by atoms with Crippen molar-refractivity contribution >= 4 is 11.3 Å². The Morgan fingerprint density at radius 1 is 1.33 bits per heavy atom. The molecule has 0 aliphatic carbocycles. The molecule has 0 fully saturated rings. The smallest absolute Gasteiger partial charge is 0.123 e. The van der Waals surface area contributed by atoms with Crippen molar-refractivity contribution in [3.05, 3.63) is 57.5 Å². The van der Waals surface area contributed by atoms with Crippen molar-refractivity contribution in [1.82, 2.24) is 5.43 Å².